The molecule has 0 radical (unpaired) electrons. The molecule has 1 aliphatic rings. The fourth-order valence-electron chi connectivity index (χ4n) is 4.61. The van der Waals surface area contributed by atoms with Gasteiger partial charge in [-0.25, -0.2) is 4.39 Å². The Bertz CT molecular complexity index is 1450. The molecule has 4 N–H and O–H groups in total. The van der Waals surface area contributed by atoms with Crippen molar-refractivity contribution in [1.82, 2.24) is 26.3 Å². The van der Waals surface area contributed by atoms with Crippen LogP contribution in [0.25, 0.3) is 5.70 Å². The molecule has 212 valence electrons. The van der Waals surface area contributed by atoms with E-state index in [0.29, 0.717) is 33.2 Å². The molecule has 0 fully saturated rings. The number of halogens is 2. The maximum atomic E-state index is 13.4. The molecule has 2 heterocycles. The van der Waals surface area contributed by atoms with Crippen molar-refractivity contribution in [3.05, 3.63) is 106 Å². The van der Waals surface area contributed by atoms with Crippen LogP contribution in [0.4, 0.5) is 15.8 Å². The smallest absolute Gasteiger partial charge is 0.111 e. The van der Waals surface area contributed by atoms with Crippen LogP contribution in [-0.4, -0.2) is 29.4 Å². The lowest BCUT2D eigenvalue weighted by molar-refractivity contribution is 0.178. The molecule has 1 aromatic heterocycles. The minimum Gasteiger partial charge on any atom is -0.377 e. The molecule has 4 rings (SSSR count). The first-order valence-electron chi connectivity index (χ1n) is 13.4. The van der Waals surface area contributed by atoms with Gasteiger partial charge in [0.2, 0.25) is 0 Å². The number of hydrazine groups is 2. The number of anilines is 1. The third-order valence-electron chi connectivity index (χ3n) is 6.91. The first-order chi connectivity index (χ1) is 19.9. The summed E-state index contributed by atoms with van der Waals surface area (Å²) in [7, 11) is 0. The molecule has 2 aromatic carbocycles. The summed E-state index contributed by atoms with van der Waals surface area (Å²) < 4.78 is 13.4. The number of aromatic nitrogens is 1. The average molecular weight is 573 g/mol. The monoisotopic (exact) mass is 572 g/mol. The summed E-state index contributed by atoms with van der Waals surface area (Å²) in [5.74, 6) is 0. The quantitative estimate of drug-likeness (QED) is 0.141. The number of alkyl halides is 1. The summed E-state index contributed by atoms with van der Waals surface area (Å²) in [4.78, 5) is 8.52. The third kappa shape index (κ3) is 6.85. The second-order valence-electron chi connectivity index (χ2n) is 9.74. The topological polar surface area (TPSA) is 100 Å². The normalized spacial score (nSPS) is 15.5. The number of benzene rings is 2. The van der Waals surface area contributed by atoms with E-state index in [2.05, 4.69) is 63.4 Å². The van der Waals surface area contributed by atoms with Crippen molar-refractivity contribution in [3.63, 3.8) is 0 Å². The van der Waals surface area contributed by atoms with Crippen molar-refractivity contribution < 1.29 is 4.39 Å². The lowest BCUT2D eigenvalue weighted by Gasteiger charge is -2.25. The van der Waals surface area contributed by atoms with Gasteiger partial charge in [-0.2, -0.15) is 5.26 Å². The molecule has 8 nitrogen and oxygen atoms in total. The van der Waals surface area contributed by atoms with Crippen LogP contribution in [0.5, 0.6) is 0 Å². The molecule has 0 amide bonds. The Labute approximate surface area is 245 Å². The number of aliphatic imine (C=N–C) groups is 1. The number of hydrogen-bond acceptors (Lipinski definition) is 8. The second-order valence-corrected chi connectivity index (χ2v) is 10.1. The largest absolute Gasteiger partial charge is 0.377 e. The number of nitrogens with zero attached hydrogens (tertiary/aromatic N) is 4. The van der Waals surface area contributed by atoms with Crippen LogP contribution in [0.15, 0.2) is 89.5 Å². The molecule has 0 aliphatic carbocycles. The molecular formula is C31H34ClFN8. The van der Waals surface area contributed by atoms with Crippen molar-refractivity contribution in [2.24, 2.45) is 4.99 Å². The molecule has 0 saturated heterocycles. The van der Waals surface area contributed by atoms with Crippen LogP contribution < -0.4 is 21.6 Å². The first-order valence-corrected chi connectivity index (χ1v) is 13.7. The highest BCUT2D eigenvalue weighted by molar-refractivity contribution is 6.33. The van der Waals surface area contributed by atoms with E-state index < -0.39 is 6.67 Å². The molecule has 0 spiro atoms. The van der Waals surface area contributed by atoms with Gasteiger partial charge in [0.1, 0.15) is 6.67 Å². The van der Waals surface area contributed by atoms with Gasteiger partial charge < -0.3 is 16.1 Å². The number of nitriles is 1. The third-order valence-corrected chi connectivity index (χ3v) is 7.20. The van der Waals surface area contributed by atoms with Crippen LogP contribution in [0.2, 0.25) is 5.02 Å². The zero-order chi connectivity index (χ0) is 29.4. The predicted molar refractivity (Wildman–Crippen MR) is 164 cm³/mol. The first kappa shape index (κ1) is 29.6. The average Bonchev–Trinajstić information content (AvgIpc) is 3.50. The highest BCUT2D eigenvalue weighted by Crippen LogP contribution is 2.39. The van der Waals surface area contributed by atoms with E-state index in [4.69, 9.17) is 11.6 Å². The van der Waals surface area contributed by atoms with E-state index in [1.165, 1.54) is 0 Å². The van der Waals surface area contributed by atoms with Crippen LogP contribution >= 0.6 is 11.6 Å². The molecule has 10 heteroatoms. The van der Waals surface area contributed by atoms with Gasteiger partial charge in [0.25, 0.3) is 0 Å². The number of hydrogen-bond donors (Lipinski definition) is 4. The molecule has 0 saturated carbocycles. The number of pyridine rings is 1. The Kier molecular flexibility index (Phi) is 9.95. The van der Waals surface area contributed by atoms with Crippen LogP contribution in [0.3, 0.4) is 0 Å². The van der Waals surface area contributed by atoms with Gasteiger partial charge >= 0.3 is 0 Å². The summed E-state index contributed by atoms with van der Waals surface area (Å²) in [6, 6.07) is 19.1. The van der Waals surface area contributed by atoms with E-state index in [1.54, 1.807) is 37.3 Å². The summed E-state index contributed by atoms with van der Waals surface area (Å²) in [6.45, 7) is 8.87. The van der Waals surface area contributed by atoms with Gasteiger partial charge in [0.15, 0.2) is 0 Å². The zero-order valence-corrected chi connectivity index (χ0v) is 24.1. The van der Waals surface area contributed by atoms with Gasteiger partial charge in [-0.05, 0) is 56.3 Å². The fourth-order valence-corrected chi connectivity index (χ4v) is 4.89. The molecular weight excluding hydrogens is 539 g/mol. The molecule has 0 unspecified atom stereocenters. The van der Waals surface area contributed by atoms with Gasteiger partial charge in [0, 0.05) is 29.8 Å². The van der Waals surface area contributed by atoms with E-state index in [1.807, 2.05) is 42.6 Å². The summed E-state index contributed by atoms with van der Waals surface area (Å²) in [6.07, 6.45) is 6.09. The lowest BCUT2D eigenvalue weighted by Crippen LogP contribution is -2.43. The number of nitrogens with one attached hydrogen (secondary N) is 4. The van der Waals surface area contributed by atoms with Crippen molar-refractivity contribution in [2.45, 2.75) is 45.3 Å². The van der Waals surface area contributed by atoms with Crippen molar-refractivity contribution in [1.29, 1.82) is 5.26 Å². The standard InChI is InChI=1S/C31H34ClFN8/c1-5-27(22-10-7-6-8-11-22)38-29(20(2)17-34)25-14-24(15-26(32)31(25)35-4)37-30(23-12-9-13-36-18-23)28-19-41(40-39-28)21(3)16-33/h6-15,18-19,21,27,30,37-40H,4-5,16H2,1-3H3/b29-20-/t21-,27+,30-/m0/s1. The molecule has 3 aromatic rings. The predicted octanol–water partition coefficient (Wildman–Crippen LogP) is 6.74. The second kappa shape index (κ2) is 13.8. The molecule has 3 atom stereocenters. The highest BCUT2D eigenvalue weighted by atomic mass is 35.5. The van der Waals surface area contributed by atoms with Crippen molar-refractivity contribution >= 4 is 35.4 Å². The van der Waals surface area contributed by atoms with Crippen LogP contribution in [0, 0.1) is 11.3 Å². The van der Waals surface area contributed by atoms with Gasteiger partial charge in [-0.3, -0.25) is 15.0 Å². The Morgan fingerprint density at radius 1 is 1.22 bits per heavy atom. The maximum absolute atomic E-state index is 13.4. The zero-order valence-electron chi connectivity index (χ0n) is 23.3. The van der Waals surface area contributed by atoms with Gasteiger partial charge in [-0.1, -0.05) is 54.9 Å². The van der Waals surface area contributed by atoms with Crippen LogP contribution in [0.1, 0.15) is 56.0 Å². The lowest BCUT2D eigenvalue weighted by atomic mass is 9.99. The Balaban J connectivity index is 1.77. The van der Waals surface area contributed by atoms with E-state index in [0.717, 1.165) is 23.2 Å². The Hall–Kier alpha value is -4.39. The van der Waals surface area contributed by atoms with Gasteiger partial charge in [0.05, 0.1) is 51.9 Å². The van der Waals surface area contributed by atoms with E-state index in [9.17, 15) is 9.65 Å². The summed E-state index contributed by atoms with van der Waals surface area (Å²) in [5, 5.41) is 19.1. The SMILES string of the molecule is C=Nc1c(Cl)cc(N[C@H](C2=CN([C@@H](C)CF)NN2)c2cccnc2)cc1/C(N[C@H](CC)c1ccccc1)=C(\C)C#N. The van der Waals surface area contributed by atoms with Gasteiger partial charge in [-0.15, -0.1) is 5.53 Å². The van der Waals surface area contributed by atoms with E-state index in [-0.39, 0.29) is 18.1 Å². The van der Waals surface area contributed by atoms with Crippen molar-refractivity contribution in [3.8, 4) is 6.07 Å². The molecule has 41 heavy (non-hydrogen) atoms. The van der Waals surface area contributed by atoms with E-state index >= 15 is 0 Å². The Morgan fingerprint density at radius 3 is 2.61 bits per heavy atom. The van der Waals surface area contributed by atoms with Crippen molar-refractivity contribution in [2.75, 3.05) is 12.0 Å². The molecule has 1 aliphatic heterocycles. The summed E-state index contributed by atoms with van der Waals surface area (Å²) in [5.41, 5.74) is 11.8. The van der Waals surface area contributed by atoms with Crippen LogP contribution in [-0.2, 0) is 0 Å². The fraction of sp³-hybridized carbons (Fsp3) is 0.258. The molecule has 0 bridgehead atoms. The number of rotatable bonds is 12. The minimum atomic E-state index is -0.513. The highest BCUT2D eigenvalue weighted by Gasteiger charge is 2.26. The Morgan fingerprint density at radius 2 is 1.98 bits per heavy atom. The summed E-state index contributed by atoms with van der Waals surface area (Å²) >= 11 is 6.77. The minimum absolute atomic E-state index is 0.0481. The maximum Gasteiger partial charge on any atom is 0.111 e. The number of allylic oxidation sites excluding steroid dienone is 1.